The molecule has 15 heavy (non-hydrogen) atoms. The lowest BCUT2D eigenvalue weighted by atomic mass is 9.98. The van der Waals surface area contributed by atoms with E-state index in [0.717, 1.165) is 18.4 Å². The van der Waals surface area contributed by atoms with Crippen molar-refractivity contribution in [3.8, 4) is 0 Å². The first-order valence-electron chi connectivity index (χ1n) is 5.82. The Morgan fingerprint density at radius 2 is 2.07 bits per heavy atom. The van der Waals surface area contributed by atoms with Gasteiger partial charge in [-0.2, -0.15) is 0 Å². The minimum atomic E-state index is 0.812. The van der Waals surface area contributed by atoms with Crippen molar-refractivity contribution >= 4 is 0 Å². The van der Waals surface area contributed by atoms with Crippen LogP contribution < -0.4 is 0 Å². The van der Waals surface area contributed by atoms with Crippen LogP contribution in [-0.2, 0) is 6.54 Å². The van der Waals surface area contributed by atoms with Crippen molar-refractivity contribution in [3.05, 3.63) is 47.7 Å². The maximum atomic E-state index is 2.54. The molecule has 0 saturated carbocycles. The number of likely N-dealkylation sites (tertiary alicyclic amines) is 1. The van der Waals surface area contributed by atoms with Gasteiger partial charge < -0.3 is 4.90 Å². The largest absolute Gasteiger partial charge is 0.370 e. The van der Waals surface area contributed by atoms with Crippen LogP contribution in [0.2, 0.25) is 0 Å². The van der Waals surface area contributed by atoms with Gasteiger partial charge in [0, 0.05) is 18.8 Å². The van der Waals surface area contributed by atoms with Gasteiger partial charge in [-0.05, 0) is 23.8 Å². The zero-order chi connectivity index (χ0) is 10.3. The maximum absolute atomic E-state index is 2.54. The summed E-state index contributed by atoms with van der Waals surface area (Å²) in [5.74, 6) is 1.70. The minimum absolute atomic E-state index is 0.812. The predicted octanol–water partition coefficient (Wildman–Crippen LogP) is 3.04. The highest BCUT2D eigenvalue weighted by atomic mass is 15.2. The van der Waals surface area contributed by atoms with Crippen LogP contribution >= 0.6 is 0 Å². The first-order valence-corrected chi connectivity index (χ1v) is 5.82. The standard InChI is InChI=1S/C14H17N/c1-11-7-14-8-13(11)10-15(14)9-12-5-3-2-4-6-12/h2-7,11,13H,8-10H2,1H3. The molecule has 2 unspecified atom stereocenters. The fourth-order valence-corrected chi connectivity index (χ4v) is 2.80. The summed E-state index contributed by atoms with van der Waals surface area (Å²) < 4.78 is 0. The lowest BCUT2D eigenvalue weighted by molar-refractivity contribution is 0.310. The second-order valence-electron chi connectivity index (χ2n) is 4.85. The molecule has 0 radical (unpaired) electrons. The van der Waals surface area contributed by atoms with Crippen LogP contribution in [0.4, 0.5) is 0 Å². The van der Waals surface area contributed by atoms with Gasteiger partial charge >= 0.3 is 0 Å². The Hall–Kier alpha value is -1.24. The summed E-state index contributed by atoms with van der Waals surface area (Å²) in [6, 6.07) is 10.8. The Morgan fingerprint density at radius 3 is 2.67 bits per heavy atom. The average Bonchev–Trinajstić information content (AvgIpc) is 2.78. The lowest BCUT2D eigenvalue weighted by Crippen LogP contribution is -2.24. The number of benzene rings is 1. The third-order valence-electron chi connectivity index (χ3n) is 3.75. The fraction of sp³-hybridized carbons (Fsp3) is 0.429. The van der Waals surface area contributed by atoms with E-state index in [2.05, 4.69) is 48.2 Å². The topological polar surface area (TPSA) is 3.24 Å². The number of allylic oxidation sites excluding steroid dienone is 2. The number of nitrogens with zero attached hydrogens (tertiary/aromatic N) is 1. The van der Waals surface area contributed by atoms with E-state index in [1.54, 1.807) is 5.70 Å². The minimum Gasteiger partial charge on any atom is -0.370 e. The van der Waals surface area contributed by atoms with Crippen LogP contribution in [0.25, 0.3) is 0 Å². The van der Waals surface area contributed by atoms with Gasteiger partial charge in [-0.25, -0.2) is 0 Å². The van der Waals surface area contributed by atoms with Crippen molar-refractivity contribution in [1.82, 2.24) is 4.90 Å². The third kappa shape index (κ3) is 1.56. The van der Waals surface area contributed by atoms with Crippen LogP contribution in [0.3, 0.4) is 0 Å². The average molecular weight is 199 g/mol. The molecule has 1 saturated heterocycles. The van der Waals surface area contributed by atoms with E-state index in [1.165, 1.54) is 18.5 Å². The lowest BCUT2D eigenvalue weighted by Gasteiger charge is -2.25. The highest BCUT2D eigenvalue weighted by Crippen LogP contribution is 2.40. The van der Waals surface area contributed by atoms with Gasteiger partial charge in [0.2, 0.25) is 0 Å². The predicted molar refractivity (Wildman–Crippen MR) is 62.2 cm³/mol. The van der Waals surface area contributed by atoms with Gasteiger partial charge in [-0.3, -0.25) is 0 Å². The zero-order valence-electron chi connectivity index (χ0n) is 9.19. The summed E-state index contributed by atoms with van der Waals surface area (Å²) in [4.78, 5) is 2.54. The van der Waals surface area contributed by atoms with Gasteiger partial charge in [0.15, 0.2) is 0 Å². The zero-order valence-corrected chi connectivity index (χ0v) is 9.19. The Bertz CT molecular complexity index is 380. The Morgan fingerprint density at radius 1 is 1.27 bits per heavy atom. The molecule has 0 amide bonds. The third-order valence-corrected chi connectivity index (χ3v) is 3.75. The van der Waals surface area contributed by atoms with E-state index in [4.69, 9.17) is 0 Å². The summed E-state index contributed by atoms with van der Waals surface area (Å²) >= 11 is 0. The van der Waals surface area contributed by atoms with Gasteiger partial charge in [0.25, 0.3) is 0 Å². The summed E-state index contributed by atoms with van der Waals surface area (Å²) in [7, 11) is 0. The van der Waals surface area contributed by atoms with Gasteiger partial charge in [-0.15, -0.1) is 0 Å². The van der Waals surface area contributed by atoms with E-state index in [9.17, 15) is 0 Å². The van der Waals surface area contributed by atoms with Crippen LogP contribution in [0.15, 0.2) is 42.1 Å². The summed E-state index contributed by atoms with van der Waals surface area (Å²) in [6.07, 6.45) is 3.77. The molecule has 1 heteroatoms. The first-order chi connectivity index (χ1) is 7.33. The van der Waals surface area contributed by atoms with E-state index in [1.807, 2.05) is 0 Å². The molecule has 2 atom stereocenters. The first kappa shape index (κ1) is 9.02. The summed E-state index contributed by atoms with van der Waals surface area (Å²) in [5.41, 5.74) is 3.01. The monoisotopic (exact) mass is 199 g/mol. The number of hydrogen-bond acceptors (Lipinski definition) is 1. The highest BCUT2D eigenvalue weighted by Gasteiger charge is 2.35. The summed E-state index contributed by atoms with van der Waals surface area (Å²) in [5, 5.41) is 0. The number of rotatable bonds is 2. The molecule has 2 bridgehead atoms. The Kier molecular flexibility index (Phi) is 2.05. The Balaban J connectivity index is 1.74. The fourth-order valence-electron chi connectivity index (χ4n) is 2.80. The molecule has 0 N–H and O–H groups in total. The summed E-state index contributed by atoms with van der Waals surface area (Å²) in [6.45, 7) is 4.70. The van der Waals surface area contributed by atoms with Crippen molar-refractivity contribution in [2.45, 2.75) is 19.9 Å². The second-order valence-corrected chi connectivity index (χ2v) is 4.85. The van der Waals surface area contributed by atoms with Crippen LogP contribution in [0.5, 0.6) is 0 Å². The van der Waals surface area contributed by atoms with E-state index in [0.29, 0.717) is 0 Å². The molecule has 1 heterocycles. The quantitative estimate of drug-likeness (QED) is 0.707. The molecule has 1 aliphatic carbocycles. The van der Waals surface area contributed by atoms with Gasteiger partial charge in [0.1, 0.15) is 0 Å². The van der Waals surface area contributed by atoms with Crippen molar-refractivity contribution in [1.29, 1.82) is 0 Å². The molecule has 0 aromatic heterocycles. The van der Waals surface area contributed by atoms with Crippen molar-refractivity contribution in [2.75, 3.05) is 6.54 Å². The van der Waals surface area contributed by atoms with E-state index < -0.39 is 0 Å². The van der Waals surface area contributed by atoms with E-state index in [-0.39, 0.29) is 0 Å². The van der Waals surface area contributed by atoms with Crippen molar-refractivity contribution in [3.63, 3.8) is 0 Å². The molecule has 1 nitrogen and oxygen atoms in total. The van der Waals surface area contributed by atoms with Crippen molar-refractivity contribution < 1.29 is 0 Å². The van der Waals surface area contributed by atoms with Gasteiger partial charge in [-0.1, -0.05) is 43.3 Å². The molecule has 1 fully saturated rings. The van der Waals surface area contributed by atoms with E-state index >= 15 is 0 Å². The normalized spacial score (nSPS) is 28.3. The molecular formula is C14H17N. The van der Waals surface area contributed by atoms with Crippen LogP contribution in [0, 0.1) is 11.8 Å². The maximum Gasteiger partial charge on any atom is 0.0426 e. The smallest absolute Gasteiger partial charge is 0.0426 e. The molecule has 78 valence electrons. The number of fused-ring (bicyclic) bond motifs is 2. The second kappa shape index (κ2) is 3.41. The molecule has 0 spiro atoms. The SMILES string of the molecule is CC1C=C2CC1CN2Cc1ccccc1. The highest BCUT2D eigenvalue weighted by molar-refractivity contribution is 5.22. The molecule has 1 aliphatic heterocycles. The van der Waals surface area contributed by atoms with Gasteiger partial charge in [0.05, 0.1) is 0 Å². The molecule has 2 aliphatic rings. The number of hydrogen-bond donors (Lipinski definition) is 0. The van der Waals surface area contributed by atoms with Crippen molar-refractivity contribution in [2.24, 2.45) is 11.8 Å². The molecule has 3 rings (SSSR count). The molecule has 1 aromatic carbocycles. The Labute approximate surface area is 91.4 Å². The van der Waals surface area contributed by atoms with Crippen LogP contribution in [0.1, 0.15) is 18.9 Å². The molecular weight excluding hydrogens is 182 g/mol. The van der Waals surface area contributed by atoms with Crippen LogP contribution in [-0.4, -0.2) is 11.4 Å². The molecule has 1 aromatic rings.